The second kappa shape index (κ2) is 7.09. The van der Waals surface area contributed by atoms with Crippen molar-refractivity contribution in [1.82, 2.24) is 10.3 Å². The van der Waals surface area contributed by atoms with Crippen molar-refractivity contribution in [3.8, 4) is 5.75 Å². The summed E-state index contributed by atoms with van der Waals surface area (Å²) < 4.78 is 5.38. The van der Waals surface area contributed by atoms with Crippen LogP contribution in [0.1, 0.15) is 24.2 Å². The highest BCUT2D eigenvalue weighted by Crippen LogP contribution is 2.16. The molecule has 0 saturated heterocycles. The number of benzene rings is 1. The number of aryl methyl sites for hydroxylation is 1. The minimum Gasteiger partial charge on any atom is -0.482 e. The molecule has 0 bridgehead atoms. The van der Waals surface area contributed by atoms with E-state index in [-0.39, 0.29) is 18.6 Å². The van der Waals surface area contributed by atoms with Gasteiger partial charge in [0.25, 0.3) is 5.91 Å². The van der Waals surface area contributed by atoms with E-state index in [4.69, 9.17) is 16.3 Å². The number of carbonyl (C=O) groups is 1. The minimum atomic E-state index is -0.182. The average molecular weight is 305 g/mol. The number of pyridine rings is 1. The Morgan fingerprint density at radius 1 is 1.29 bits per heavy atom. The van der Waals surface area contributed by atoms with Gasteiger partial charge >= 0.3 is 0 Å². The van der Waals surface area contributed by atoms with Gasteiger partial charge in [-0.2, -0.15) is 0 Å². The lowest BCUT2D eigenvalue weighted by atomic mass is 10.1. The Hall–Kier alpha value is -2.07. The van der Waals surface area contributed by atoms with Gasteiger partial charge in [-0.1, -0.05) is 23.7 Å². The number of ether oxygens (including phenoxy) is 1. The maximum atomic E-state index is 11.9. The van der Waals surface area contributed by atoms with Crippen LogP contribution in [0, 0.1) is 6.92 Å². The first-order valence-corrected chi connectivity index (χ1v) is 7.02. The summed E-state index contributed by atoms with van der Waals surface area (Å²) in [5.41, 5.74) is 1.90. The number of halogens is 1. The van der Waals surface area contributed by atoms with Gasteiger partial charge in [-0.25, -0.2) is 0 Å². The van der Waals surface area contributed by atoms with Gasteiger partial charge < -0.3 is 10.1 Å². The van der Waals surface area contributed by atoms with E-state index in [1.54, 1.807) is 24.4 Å². The lowest BCUT2D eigenvalue weighted by molar-refractivity contribution is -0.123. The molecule has 2 aromatic rings. The van der Waals surface area contributed by atoms with Gasteiger partial charge in [0.1, 0.15) is 5.75 Å². The highest BCUT2D eigenvalue weighted by atomic mass is 35.5. The van der Waals surface area contributed by atoms with Crippen LogP contribution >= 0.6 is 11.6 Å². The molecule has 0 fully saturated rings. The molecular formula is C16H17ClN2O2. The van der Waals surface area contributed by atoms with Crippen LogP contribution in [0.25, 0.3) is 0 Å². The van der Waals surface area contributed by atoms with Gasteiger partial charge in [0.05, 0.1) is 12.2 Å². The summed E-state index contributed by atoms with van der Waals surface area (Å²) in [5.74, 6) is 0.396. The number of hydrogen-bond donors (Lipinski definition) is 1. The highest BCUT2D eigenvalue weighted by molar-refractivity contribution is 6.30. The van der Waals surface area contributed by atoms with Crippen molar-refractivity contribution >= 4 is 17.5 Å². The molecule has 2 rings (SSSR count). The van der Waals surface area contributed by atoms with Crippen LogP contribution < -0.4 is 10.1 Å². The van der Waals surface area contributed by atoms with Crippen molar-refractivity contribution in [2.24, 2.45) is 0 Å². The van der Waals surface area contributed by atoms with Gasteiger partial charge in [0.15, 0.2) is 6.61 Å². The normalized spacial score (nSPS) is 11.8. The highest BCUT2D eigenvalue weighted by Gasteiger charge is 2.10. The molecule has 4 nitrogen and oxygen atoms in total. The van der Waals surface area contributed by atoms with Crippen LogP contribution in [-0.4, -0.2) is 17.5 Å². The number of nitrogens with one attached hydrogen (secondary N) is 1. The van der Waals surface area contributed by atoms with E-state index in [0.717, 1.165) is 11.3 Å². The third kappa shape index (κ3) is 4.76. The summed E-state index contributed by atoms with van der Waals surface area (Å²) in [5, 5.41) is 3.54. The summed E-state index contributed by atoms with van der Waals surface area (Å²) in [6, 6.07) is 10.9. The molecule has 1 atom stereocenters. The van der Waals surface area contributed by atoms with Crippen molar-refractivity contribution in [1.29, 1.82) is 0 Å². The predicted octanol–water partition coefficient (Wildman–Crippen LogP) is 3.30. The summed E-state index contributed by atoms with van der Waals surface area (Å²) in [7, 11) is 0. The summed E-state index contributed by atoms with van der Waals surface area (Å²) in [6.07, 6.45) is 1.60. The summed E-state index contributed by atoms with van der Waals surface area (Å²) >= 11 is 5.84. The third-order valence-corrected chi connectivity index (χ3v) is 3.25. The fourth-order valence-electron chi connectivity index (χ4n) is 1.81. The standard InChI is InChI=1S/C16H17ClN2O2/c1-11-3-8-15(9-18-11)21-10-16(20)19-12(2)13-4-6-14(17)7-5-13/h3-9,12H,10H2,1-2H3,(H,19,20)/t12-/m1/s1. The topological polar surface area (TPSA) is 51.2 Å². The van der Waals surface area contributed by atoms with E-state index in [1.807, 2.05) is 32.0 Å². The predicted molar refractivity (Wildman–Crippen MR) is 82.5 cm³/mol. The number of rotatable bonds is 5. The zero-order chi connectivity index (χ0) is 15.2. The van der Waals surface area contributed by atoms with Gasteiger partial charge in [-0.05, 0) is 43.7 Å². The Kier molecular flexibility index (Phi) is 5.17. The van der Waals surface area contributed by atoms with Crippen molar-refractivity contribution in [2.45, 2.75) is 19.9 Å². The number of hydrogen-bond acceptors (Lipinski definition) is 3. The quantitative estimate of drug-likeness (QED) is 0.922. The van der Waals surface area contributed by atoms with Crippen molar-refractivity contribution in [3.63, 3.8) is 0 Å². The Labute approximate surface area is 129 Å². The first-order chi connectivity index (χ1) is 10.0. The van der Waals surface area contributed by atoms with E-state index in [9.17, 15) is 4.79 Å². The summed E-state index contributed by atoms with van der Waals surface area (Å²) in [4.78, 5) is 16.0. The van der Waals surface area contributed by atoms with Crippen molar-refractivity contribution in [2.75, 3.05) is 6.61 Å². The molecule has 21 heavy (non-hydrogen) atoms. The molecule has 1 heterocycles. The van der Waals surface area contributed by atoms with E-state index < -0.39 is 0 Å². The Morgan fingerprint density at radius 2 is 2.00 bits per heavy atom. The Bertz CT molecular complexity index is 597. The molecule has 110 valence electrons. The number of aromatic nitrogens is 1. The zero-order valence-corrected chi connectivity index (χ0v) is 12.7. The Balaban J connectivity index is 1.83. The Morgan fingerprint density at radius 3 is 2.62 bits per heavy atom. The molecule has 5 heteroatoms. The molecule has 1 N–H and O–H groups in total. The molecule has 0 aliphatic heterocycles. The van der Waals surface area contributed by atoms with Gasteiger partial charge in [0.2, 0.25) is 0 Å². The number of carbonyl (C=O) groups excluding carboxylic acids is 1. The fourth-order valence-corrected chi connectivity index (χ4v) is 1.93. The van der Waals surface area contributed by atoms with Crippen LogP contribution in [0.2, 0.25) is 5.02 Å². The molecule has 0 radical (unpaired) electrons. The van der Waals surface area contributed by atoms with Gasteiger partial charge in [0, 0.05) is 10.7 Å². The average Bonchev–Trinajstić information content (AvgIpc) is 2.47. The number of nitrogens with zero attached hydrogens (tertiary/aromatic N) is 1. The van der Waals surface area contributed by atoms with Gasteiger partial charge in [-0.15, -0.1) is 0 Å². The van der Waals surface area contributed by atoms with Crippen LogP contribution in [0.15, 0.2) is 42.6 Å². The number of amides is 1. The fraction of sp³-hybridized carbons (Fsp3) is 0.250. The molecule has 0 saturated carbocycles. The maximum Gasteiger partial charge on any atom is 0.258 e. The molecule has 1 aromatic carbocycles. The van der Waals surface area contributed by atoms with Gasteiger partial charge in [-0.3, -0.25) is 9.78 Å². The monoisotopic (exact) mass is 304 g/mol. The first kappa shape index (κ1) is 15.3. The van der Waals surface area contributed by atoms with Crippen LogP contribution in [-0.2, 0) is 4.79 Å². The van der Waals surface area contributed by atoms with Crippen LogP contribution in [0.3, 0.4) is 0 Å². The zero-order valence-electron chi connectivity index (χ0n) is 12.0. The molecule has 0 aliphatic rings. The lowest BCUT2D eigenvalue weighted by Crippen LogP contribution is -2.31. The van der Waals surface area contributed by atoms with E-state index in [0.29, 0.717) is 10.8 Å². The smallest absolute Gasteiger partial charge is 0.258 e. The van der Waals surface area contributed by atoms with E-state index in [2.05, 4.69) is 10.3 Å². The second-order valence-electron chi connectivity index (χ2n) is 4.76. The second-order valence-corrected chi connectivity index (χ2v) is 5.20. The summed E-state index contributed by atoms with van der Waals surface area (Å²) in [6.45, 7) is 3.77. The molecule has 0 unspecified atom stereocenters. The minimum absolute atomic E-state index is 0.0390. The first-order valence-electron chi connectivity index (χ1n) is 6.65. The maximum absolute atomic E-state index is 11.9. The lowest BCUT2D eigenvalue weighted by Gasteiger charge is -2.14. The molecule has 1 amide bonds. The largest absolute Gasteiger partial charge is 0.482 e. The van der Waals surface area contributed by atoms with E-state index in [1.165, 1.54) is 0 Å². The van der Waals surface area contributed by atoms with Crippen molar-refractivity contribution < 1.29 is 9.53 Å². The molecular weight excluding hydrogens is 288 g/mol. The van der Waals surface area contributed by atoms with Crippen LogP contribution in [0.4, 0.5) is 0 Å². The molecule has 1 aromatic heterocycles. The third-order valence-electron chi connectivity index (χ3n) is 3.00. The van der Waals surface area contributed by atoms with E-state index >= 15 is 0 Å². The SMILES string of the molecule is Cc1ccc(OCC(=O)N[C@H](C)c2ccc(Cl)cc2)cn1. The van der Waals surface area contributed by atoms with Crippen LogP contribution in [0.5, 0.6) is 5.75 Å². The molecule has 0 spiro atoms. The van der Waals surface area contributed by atoms with Crippen molar-refractivity contribution in [3.05, 3.63) is 58.9 Å². The molecule has 0 aliphatic carbocycles.